The number of hydrogen-bond acceptors (Lipinski definition) is 13. The Balaban J connectivity index is 1.98. The van der Waals surface area contributed by atoms with E-state index in [9.17, 15) is 34.8 Å². The molecule has 2 heterocycles. The molecule has 0 aliphatic carbocycles. The van der Waals surface area contributed by atoms with Crippen LogP contribution in [0.2, 0.25) is 0 Å². The predicted molar refractivity (Wildman–Crippen MR) is 129 cm³/mol. The molecule has 2 aliphatic rings. The summed E-state index contributed by atoms with van der Waals surface area (Å²) in [6.07, 6.45) is -7.45. The van der Waals surface area contributed by atoms with E-state index >= 15 is 0 Å². The van der Waals surface area contributed by atoms with Gasteiger partial charge < -0.3 is 48.8 Å². The lowest BCUT2D eigenvalue weighted by atomic mass is 9.71. The van der Waals surface area contributed by atoms with Gasteiger partial charge in [0.15, 0.2) is 6.29 Å². The summed E-state index contributed by atoms with van der Waals surface area (Å²) < 4.78 is 31.8. The molecule has 7 atom stereocenters. The zero-order valence-corrected chi connectivity index (χ0v) is 21.6. The van der Waals surface area contributed by atoms with Crippen LogP contribution in [0.1, 0.15) is 23.7 Å². The summed E-state index contributed by atoms with van der Waals surface area (Å²) in [6.45, 7) is 0.483. The van der Waals surface area contributed by atoms with Crippen LogP contribution in [0, 0.1) is 5.41 Å². The Morgan fingerprint density at radius 3 is 2.31 bits per heavy atom. The van der Waals surface area contributed by atoms with Gasteiger partial charge in [0.05, 0.1) is 44.6 Å². The zero-order chi connectivity index (χ0) is 28.7. The Morgan fingerprint density at radius 1 is 1.00 bits per heavy atom. The van der Waals surface area contributed by atoms with Crippen LogP contribution in [0.15, 0.2) is 53.8 Å². The lowest BCUT2D eigenvalue weighted by Gasteiger charge is -2.44. The van der Waals surface area contributed by atoms with Crippen molar-refractivity contribution in [1.82, 2.24) is 0 Å². The average Bonchev–Trinajstić information content (AvgIpc) is 2.94. The van der Waals surface area contributed by atoms with E-state index in [4.69, 9.17) is 28.4 Å². The van der Waals surface area contributed by atoms with Gasteiger partial charge in [-0.1, -0.05) is 25.1 Å². The highest BCUT2D eigenvalue weighted by Gasteiger charge is 2.50. The summed E-state index contributed by atoms with van der Waals surface area (Å²) in [4.78, 5) is 37.5. The van der Waals surface area contributed by atoms with Gasteiger partial charge in [-0.05, 0) is 18.2 Å². The van der Waals surface area contributed by atoms with Crippen molar-refractivity contribution in [2.45, 2.75) is 50.3 Å². The van der Waals surface area contributed by atoms with Crippen LogP contribution in [0.5, 0.6) is 0 Å². The number of rotatable bonds is 9. The van der Waals surface area contributed by atoms with Crippen LogP contribution in [-0.2, 0) is 38.0 Å². The third-order valence-electron chi connectivity index (χ3n) is 6.56. The molecule has 214 valence electrons. The van der Waals surface area contributed by atoms with Crippen molar-refractivity contribution in [2.75, 3.05) is 27.4 Å². The third-order valence-corrected chi connectivity index (χ3v) is 6.56. The maximum atomic E-state index is 12.6. The Kier molecular flexibility index (Phi) is 10.2. The fourth-order valence-corrected chi connectivity index (χ4v) is 4.28. The van der Waals surface area contributed by atoms with E-state index in [2.05, 4.69) is 0 Å². The molecule has 0 saturated carbocycles. The minimum absolute atomic E-state index is 0.0790. The Hall–Kier alpha value is -3.33. The minimum atomic E-state index is -1.76. The van der Waals surface area contributed by atoms with Gasteiger partial charge in [-0.15, -0.1) is 0 Å². The summed E-state index contributed by atoms with van der Waals surface area (Å²) in [6, 6.07) is 8.18. The number of carbonyl (C=O) groups is 3. The number of methoxy groups -OCH3 is 2. The van der Waals surface area contributed by atoms with Crippen LogP contribution in [0.25, 0.3) is 0 Å². The molecule has 0 radical (unpaired) electrons. The highest BCUT2D eigenvalue weighted by molar-refractivity contribution is 5.92. The van der Waals surface area contributed by atoms with Crippen molar-refractivity contribution in [3.05, 3.63) is 59.4 Å². The van der Waals surface area contributed by atoms with Gasteiger partial charge in [-0.2, -0.15) is 0 Å². The molecule has 3 rings (SSSR count). The molecule has 1 aromatic carbocycles. The summed E-state index contributed by atoms with van der Waals surface area (Å²) in [5.41, 5.74) is -1.16. The van der Waals surface area contributed by atoms with Gasteiger partial charge in [0, 0.05) is 11.0 Å². The van der Waals surface area contributed by atoms with Crippen molar-refractivity contribution < 1.29 is 63.2 Å². The quantitative estimate of drug-likeness (QED) is 0.176. The number of esters is 3. The highest BCUT2D eigenvalue weighted by Crippen LogP contribution is 2.46. The lowest BCUT2D eigenvalue weighted by molar-refractivity contribution is -0.328. The van der Waals surface area contributed by atoms with Crippen molar-refractivity contribution in [1.29, 1.82) is 0 Å². The van der Waals surface area contributed by atoms with Gasteiger partial charge in [0.2, 0.25) is 6.29 Å². The fraction of sp³-hybridized carbons (Fsp3) is 0.500. The first-order valence-electron chi connectivity index (χ1n) is 12.0. The van der Waals surface area contributed by atoms with Crippen LogP contribution in [0.3, 0.4) is 0 Å². The molecule has 1 fully saturated rings. The van der Waals surface area contributed by atoms with E-state index in [0.29, 0.717) is 0 Å². The van der Waals surface area contributed by atoms with Gasteiger partial charge in [-0.25, -0.2) is 9.59 Å². The van der Waals surface area contributed by atoms with E-state index in [-0.39, 0.29) is 29.7 Å². The van der Waals surface area contributed by atoms with E-state index in [1.54, 1.807) is 30.3 Å². The van der Waals surface area contributed by atoms with Crippen LogP contribution < -0.4 is 0 Å². The molecule has 0 aromatic heterocycles. The molecule has 0 amide bonds. The molecule has 39 heavy (non-hydrogen) atoms. The van der Waals surface area contributed by atoms with Crippen molar-refractivity contribution >= 4 is 17.9 Å². The largest absolute Gasteiger partial charge is 0.469 e. The monoisotopic (exact) mass is 552 g/mol. The molecular formula is C26H32O13. The van der Waals surface area contributed by atoms with Gasteiger partial charge in [-0.3, -0.25) is 4.79 Å². The Labute approximate surface area is 224 Å². The number of benzene rings is 1. The van der Waals surface area contributed by atoms with E-state index in [0.717, 1.165) is 13.4 Å². The second-order valence-corrected chi connectivity index (χ2v) is 9.03. The predicted octanol–water partition coefficient (Wildman–Crippen LogP) is -0.431. The standard InChI is InChI=1S/C26H32O13/c1-26(11-18(28)34-2)15(9-10-36-22(32)14-7-5-4-6-8-14)24(37-13-16(26)23(33)35-3)39-25-21(31)20(30)19(29)17(12-27)38-25/h4-9,13,17,19-21,24-25,27,29-31H,10-12H2,1-3H3/b15-9-/t17-,19-,20+,21-,24+,25+,26+/m1/s1. The number of ether oxygens (including phenoxy) is 6. The number of aliphatic hydroxyl groups excluding tert-OH is 4. The fourth-order valence-electron chi connectivity index (χ4n) is 4.28. The van der Waals surface area contributed by atoms with E-state index in [1.807, 2.05) is 0 Å². The van der Waals surface area contributed by atoms with Crippen LogP contribution in [0.4, 0.5) is 0 Å². The first kappa shape index (κ1) is 30.2. The van der Waals surface area contributed by atoms with Gasteiger partial charge in [0.25, 0.3) is 0 Å². The summed E-state index contributed by atoms with van der Waals surface area (Å²) in [5, 5.41) is 40.2. The SMILES string of the molecule is COC(=O)C[C@]1(C)C(C(=O)OC)=CO[C@@H](O[C@@H]2O[C@H](CO)[C@@H](O)[C@H](O)[C@H]2O)/C1=C/COC(=O)c1ccccc1. The second-order valence-electron chi connectivity index (χ2n) is 9.03. The minimum Gasteiger partial charge on any atom is -0.469 e. The topological polar surface area (TPSA) is 188 Å². The summed E-state index contributed by atoms with van der Waals surface area (Å²) in [5.74, 6) is -2.16. The number of hydrogen-bond donors (Lipinski definition) is 4. The van der Waals surface area contributed by atoms with Crippen LogP contribution in [-0.4, -0.2) is 103 Å². The molecule has 1 aromatic rings. The number of carbonyl (C=O) groups excluding carboxylic acids is 3. The molecule has 0 bridgehead atoms. The van der Waals surface area contributed by atoms with Crippen LogP contribution >= 0.6 is 0 Å². The lowest BCUT2D eigenvalue weighted by Crippen LogP contribution is -2.60. The van der Waals surface area contributed by atoms with Gasteiger partial charge >= 0.3 is 17.9 Å². The molecular weight excluding hydrogens is 520 g/mol. The normalized spacial score (nSPS) is 31.6. The molecule has 0 spiro atoms. The Morgan fingerprint density at radius 2 is 1.69 bits per heavy atom. The maximum Gasteiger partial charge on any atom is 0.338 e. The summed E-state index contributed by atoms with van der Waals surface area (Å²) in [7, 11) is 2.31. The summed E-state index contributed by atoms with van der Waals surface area (Å²) >= 11 is 0. The second kappa shape index (κ2) is 13.2. The smallest absolute Gasteiger partial charge is 0.338 e. The molecule has 1 saturated heterocycles. The number of aliphatic hydroxyl groups is 4. The molecule has 4 N–H and O–H groups in total. The third kappa shape index (κ3) is 6.64. The first-order valence-corrected chi connectivity index (χ1v) is 12.0. The average molecular weight is 553 g/mol. The maximum absolute atomic E-state index is 12.6. The van der Waals surface area contributed by atoms with Crippen molar-refractivity contribution in [3.8, 4) is 0 Å². The molecule has 13 heteroatoms. The van der Waals surface area contributed by atoms with Gasteiger partial charge in [0.1, 0.15) is 31.0 Å². The molecule has 13 nitrogen and oxygen atoms in total. The first-order chi connectivity index (χ1) is 18.6. The zero-order valence-electron chi connectivity index (χ0n) is 21.6. The Bertz CT molecular complexity index is 1080. The molecule has 2 aliphatic heterocycles. The van der Waals surface area contributed by atoms with E-state index in [1.165, 1.54) is 20.1 Å². The van der Waals surface area contributed by atoms with Crippen molar-refractivity contribution in [3.63, 3.8) is 0 Å². The molecule has 0 unspecified atom stereocenters. The van der Waals surface area contributed by atoms with Crippen molar-refractivity contribution in [2.24, 2.45) is 5.41 Å². The van der Waals surface area contributed by atoms with E-state index < -0.39 is 66.9 Å². The highest BCUT2D eigenvalue weighted by atomic mass is 16.8.